The number of amides is 2. The number of piperidine rings is 1. The van der Waals surface area contributed by atoms with Crippen molar-refractivity contribution in [1.29, 1.82) is 0 Å². The molecule has 2 aliphatic heterocycles. The van der Waals surface area contributed by atoms with Crippen LogP contribution in [-0.2, 0) is 14.8 Å². The number of nitrogens with zero attached hydrogens (tertiary/aromatic N) is 2. The predicted octanol–water partition coefficient (Wildman–Crippen LogP) is 3.96. The first kappa shape index (κ1) is 23.5. The number of sulfonamides is 1. The van der Waals surface area contributed by atoms with Crippen LogP contribution in [0.2, 0.25) is 0 Å². The minimum absolute atomic E-state index is 0.186. The lowest BCUT2D eigenvalue weighted by Gasteiger charge is -2.25. The van der Waals surface area contributed by atoms with E-state index < -0.39 is 16.1 Å². The minimum atomic E-state index is -3.55. The molecule has 1 aromatic heterocycles. The molecule has 2 aromatic carbocycles. The Morgan fingerprint density at radius 3 is 2.63 bits per heavy atom. The molecular formula is C24H24N4O5S2. The lowest BCUT2D eigenvalue weighted by molar-refractivity contribution is -0.122. The fraction of sp³-hybridized carbons (Fsp3) is 0.292. The summed E-state index contributed by atoms with van der Waals surface area (Å²) in [5, 5.41) is 7.78. The quantitative estimate of drug-likeness (QED) is 0.534. The number of carbonyl (C=O) groups is 2. The van der Waals surface area contributed by atoms with Gasteiger partial charge in [0.05, 0.1) is 16.3 Å². The highest BCUT2D eigenvalue weighted by Gasteiger charge is 2.26. The van der Waals surface area contributed by atoms with E-state index >= 15 is 0 Å². The van der Waals surface area contributed by atoms with Crippen molar-refractivity contribution in [3.63, 3.8) is 0 Å². The molecule has 11 heteroatoms. The largest absolute Gasteiger partial charge is 0.479 e. The van der Waals surface area contributed by atoms with Gasteiger partial charge in [0.2, 0.25) is 10.0 Å². The van der Waals surface area contributed by atoms with Gasteiger partial charge in [-0.15, -0.1) is 11.3 Å². The molecular weight excluding hydrogens is 488 g/mol. The summed E-state index contributed by atoms with van der Waals surface area (Å²) < 4.78 is 32.7. The Bertz CT molecular complexity index is 1380. The molecule has 35 heavy (non-hydrogen) atoms. The van der Waals surface area contributed by atoms with Gasteiger partial charge in [-0.25, -0.2) is 13.4 Å². The Balaban J connectivity index is 1.27. The highest BCUT2D eigenvalue weighted by Crippen LogP contribution is 2.35. The van der Waals surface area contributed by atoms with Gasteiger partial charge >= 0.3 is 0 Å². The third-order valence-electron chi connectivity index (χ3n) is 6.00. The van der Waals surface area contributed by atoms with Crippen LogP contribution in [0.15, 0.2) is 52.7 Å². The maximum atomic E-state index is 12.8. The SMILES string of the molecule is CC1Oc2ccc(-c3csc(NC(=O)c4ccc(S(=O)(=O)N5CCCCC5)cc4)n3)cc2NC1=O. The number of hydrogen-bond acceptors (Lipinski definition) is 7. The summed E-state index contributed by atoms with van der Waals surface area (Å²) in [6, 6.07) is 11.3. The van der Waals surface area contributed by atoms with Crippen LogP contribution in [0.3, 0.4) is 0 Å². The first-order valence-corrected chi connectivity index (χ1v) is 13.6. The van der Waals surface area contributed by atoms with Gasteiger partial charge in [0.15, 0.2) is 11.2 Å². The lowest BCUT2D eigenvalue weighted by Crippen LogP contribution is -2.35. The topological polar surface area (TPSA) is 118 Å². The summed E-state index contributed by atoms with van der Waals surface area (Å²) in [5.74, 6) is -0.00102. The maximum Gasteiger partial charge on any atom is 0.265 e. The zero-order valence-corrected chi connectivity index (χ0v) is 20.6. The average molecular weight is 513 g/mol. The summed E-state index contributed by atoms with van der Waals surface area (Å²) in [4.78, 5) is 29.3. The Labute approximate surface area is 207 Å². The van der Waals surface area contributed by atoms with Crippen molar-refractivity contribution >= 4 is 44.0 Å². The van der Waals surface area contributed by atoms with Crippen LogP contribution < -0.4 is 15.4 Å². The Hall–Kier alpha value is -3.28. The Kier molecular flexibility index (Phi) is 6.30. The van der Waals surface area contributed by atoms with Gasteiger partial charge in [-0.1, -0.05) is 6.42 Å². The number of hydrogen-bond donors (Lipinski definition) is 2. The van der Waals surface area contributed by atoms with Crippen LogP contribution in [0.25, 0.3) is 11.3 Å². The molecule has 3 heterocycles. The van der Waals surface area contributed by atoms with E-state index in [1.165, 1.54) is 39.9 Å². The molecule has 2 N–H and O–H groups in total. The van der Waals surface area contributed by atoms with Crippen molar-refractivity contribution in [2.24, 2.45) is 0 Å². The zero-order chi connectivity index (χ0) is 24.6. The highest BCUT2D eigenvalue weighted by molar-refractivity contribution is 7.89. The molecule has 1 atom stereocenters. The van der Waals surface area contributed by atoms with Crippen molar-refractivity contribution in [2.75, 3.05) is 23.7 Å². The number of nitrogens with one attached hydrogen (secondary N) is 2. The molecule has 2 aliphatic rings. The third kappa shape index (κ3) is 4.79. The van der Waals surface area contributed by atoms with Gasteiger partial charge in [-0.05, 0) is 62.2 Å². The molecule has 3 aromatic rings. The fourth-order valence-electron chi connectivity index (χ4n) is 4.03. The summed E-state index contributed by atoms with van der Waals surface area (Å²) >= 11 is 1.27. The number of rotatable bonds is 5. The van der Waals surface area contributed by atoms with Gasteiger partial charge in [0.1, 0.15) is 5.75 Å². The number of aromatic nitrogens is 1. The van der Waals surface area contributed by atoms with Crippen LogP contribution >= 0.6 is 11.3 Å². The van der Waals surface area contributed by atoms with E-state index in [2.05, 4.69) is 15.6 Å². The van der Waals surface area contributed by atoms with Crippen LogP contribution in [0.4, 0.5) is 10.8 Å². The van der Waals surface area contributed by atoms with Gasteiger partial charge < -0.3 is 10.1 Å². The number of thiazole rings is 1. The molecule has 0 bridgehead atoms. The van der Waals surface area contributed by atoms with Gasteiger partial charge in [0, 0.05) is 29.6 Å². The van der Waals surface area contributed by atoms with E-state index in [0.717, 1.165) is 24.8 Å². The second kappa shape index (κ2) is 9.40. The third-order valence-corrected chi connectivity index (χ3v) is 8.67. The first-order valence-electron chi connectivity index (χ1n) is 11.3. The number of fused-ring (bicyclic) bond motifs is 1. The van der Waals surface area contributed by atoms with Crippen molar-refractivity contribution in [1.82, 2.24) is 9.29 Å². The monoisotopic (exact) mass is 512 g/mol. The molecule has 0 aliphatic carbocycles. The molecule has 182 valence electrons. The second-order valence-corrected chi connectivity index (χ2v) is 11.2. The smallest absolute Gasteiger partial charge is 0.265 e. The molecule has 1 saturated heterocycles. The van der Waals surface area contributed by atoms with Gasteiger partial charge in [-0.2, -0.15) is 4.31 Å². The Morgan fingerprint density at radius 2 is 1.89 bits per heavy atom. The molecule has 1 fully saturated rings. The Morgan fingerprint density at radius 1 is 1.14 bits per heavy atom. The van der Waals surface area contributed by atoms with E-state index in [9.17, 15) is 18.0 Å². The first-order chi connectivity index (χ1) is 16.8. The second-order valence-electron chi connectivity index (χ2n) is 8.44. The molecule has 1 unspecified atom stereocenters. The minimum Gasteiger partial charge on any atom is -0.479 e. The van der Waals surface area contributed by atoms with Crippen molar-refractivity contribution < 1.29 is 22.7 Å². The van der Waals surface area contributed by atoms with Crippen molar-refractivity contribution in [3.8, 4) is 17.0 Å². The molecule has 0 saturated carbocycles. The molecule has 2 amide bonds. The maximum absolute atomic E-state index is 12.8. The number of carbonyl (C=O) groups excluding carboxylic acids is 2. The molecule has 0 spiro atoms. The number of anilines is 2. The van der Waals surface area contributed by atoms with Crippen molar-refractivity contribution in [2.45, 2.75) is 37.2 Å². The summed E-state index contributed by atoms with van der Waals surface area (Å²) in [6.07, 6.45) is 2.22. The summed E-state index contributed by atoms with van der Waals surface area (Å²) in [6.45, 7) is 2.74. The molecule has 5 rings (SSSR count). The van der Waals surface area contributed by atoms with E-state index in [4.69, 9.17) is 4.74 Å². The normalized spacial score (nSPS) is 18.3. The summed E-state index contributed by atoms with van der Waals surface area (Å²) in [5.41, 5.74) is 2.32. The fourth-order valence-corrected chi connectivity index (χ4v) is 6.27. The highest BCUT2D eigenvalue weighted by atomic mass is 32.2. The standard InChI is InChI=1S/C24H24N4O5S2/c1-15-22(29)25-19-13-17(7-10-21(19)33-15)20-14-34-24(26-20)27-23(30)16-5-8-18(9-6-16)35(31,32)28-11-3-2-4-12-28/h5-10,13-15H,2-4,11-12H2,1H3,(H,25,29)(H,26,27,30). The van der Waals surface area contributed by atoms with E-state index in [-0.39, 0.29) is 16.7 Å². The van der Waals surface area contributed by atoms with Gasteiger partial charge in [-0.3, -0.25) is 14.9 Å². The molecule has 0 radical (unpaired) electrons. The predicted molar refractivity (Wildman–Crippen MR) is 133 cm³/mol. The van der Waals surface area contributed by atoms with Gasteiger partial charge in [0.25, 0.3) is 11.8 Å². The van der Waals surface area contributed by atoms with Crippen molar-refractivity contribution in [3.05, 3.63) is 53.4 Å². The van der Waals surface area contributed by atoms with Crippen LogP contribution in [0.5, 0.6) is 5.75 Å². The average Bonchev–Trinajstić information content (AvgIpc) is 3.33. The van der Waals surface area contributed by atoms with E-state index in [0.29, 0.717) is 40.9 Å². The van der Waals surface area contributed by atoms with E-state index in [1.54, 1.807) is 24.4 Å². The number of ether oxygens (including phenoxy) is 1. The molecule has 9 nitrogen and oxygen atoms in total. The number of benzene rings is 2. The van der Waals surface area contributed by atoms with Crippen LogP contribution in [0.1, 0.15) is 36.5 Å². The van der Waals surface area contributed by atoms with Crippen LogP contribution in [0, 0.1) is 0 Å². The zero-order valence-electron chi connectivity index (χ0n) is 19.0. The van der Waals surface area contributed by atoms with E-state index in [1.807, 2.05) is 6.07 Å². The summed E-state index contributed by atoms with van der Waals surface area (Å²) in [7, 11) is -3.55. The lowest BCUT2D eigenvalue weighted by atomic mass is 10.1. The van der Waals surface area contributed by atoms with Crippen LogP contribution in [-0.4, -0.2) is 48.7 Å².